The van der Waals surface area contributed by atoms with E-state index in [1.165, 1.54) is 0 Å². The van der Waals surface area contributed by atoms with Gasteiger partial charge in [-0.05, 0) is 20.0 Å². The first-order valence-corrected chi connectivity index (χ1v) is 7.49. The van der Waals surface area contributed by atoms with Crippen LogP contribution in [0, 0.1) is 5.92 Å². The van der Waals surface area contributed by atoms with Gasteiger partial charge in [0.2, 0.25) is 0 Å². The number of urea groups is 1. The summed E-state index contributed by atoms with van der Waals surface area (Å²) in [7, 11) is 7.75. The van der Waals surface area contributed by atoms with E-state index in [1.54, 1.807) is 9.58 Å². The maximum Gasteiger partial charge on any atom is 0.317 e. The molecule has 0 aliphatic rings. The molecule has 1 aromatic heterocycles. The van der Waals surface area contributed by atoms with Gasteiger partial charge in [-0.25, -0.2) is 4.79 Å². The number of carbonyl (C=O) groups excluding carboxylic acids is 1. The Morgan fingerprint density at radius 3 is 2.57 bits per heavy atom. The molecular formula is C15H29N5O. The lowest BCUT2D eigenvalue weighted by Gasteiger charge is -2.26. The fraction of sp³-hybridized carbons (Fsp3) is 0.733. The van der Waals surface area contributed by atoms with Crippen LogP contribution in [0.3, 0.4) is 0 Å². The van der Waals surface area contributed by atoms with Crippen molar-refractivity contribution >= 4 is 6.03 Å². The Morgan fingerprint density at radius 2 is 2.10 bits per heavy atom. The predicted molar refractivity (Wildman–Crippen MR) is 85.1 cm³/mol. The summed E-state index contributed by atoms with van der Waals surface area (Å²) in [6, 6.07) is 0.102. The molecule has 6 nitrogen and oxygen atoms in total. The van der Waals surface area contributed by atoms with Crippen LogP contribution in [0.5, 0.6) is 0 Å². The molecular weight excluding hydrogens is 266 g/mol. The van der Waals surface area contributed by atoms with E-state index < -0.39 is 0 Å². The first-order chi connectivity index (χ1) is 9.85. The van der Waals surface area contributed by atoms with Gasteiger partial charge >= 0.3 is 6.03 Å². The molecule has 1 heterocycles. The maximum absolute atomic E-state index is 12.1. The normalized spacial score (nSPS) is 14.0. The molecule has 0 bridgehead atoms. The smallest absolute Gasteiger partial charge is 0.317 e. The van der Waals surface area contributed by atoms with Gasteiger partial charge in [0, 0.05) is 38.9 Å². The number of hydrogen-bond donors (Lipinski definition) is 1. The van der Waals surface area contributed by atoms with Crippen molar-refractivity contribution in [2.45, 2.75) is 26.3 Å². The molecule has 0 aromatic carbocycles. The molecule has 0 saturated heterocycles. The Balaban J connectivity index is 2.56. The highest BCUT2D eigenvalue weighted by Crippen LogP contribution is 2.16. The van der Waals surface area contributed by atoms with E-state index in [9.17, 15) is 4.79 Å². The summed E-state index contributed by atoms with van der Waals surface area (Å²) in [5.41, 5.74) is 1.10. The molecule has 1 rings (SSSR count). The molecule has 120 valence electrons. The van der Waals surface area contributed by atoms with Crippen molar-refractivity contribution in [3.63, 3.8) is 0 Å². The Morgan fingerprint density at radius 1 is 1.43 bits per heavy atom. The zero-order valence-electron chi connectivity index (χ0n) is 14.1. The fourth-order valence-electron chi connectivity index (χ4n) is 2.21. The van der Waals surface area contributed by atoms with Gasteiger partial charge < -0.3 is 15.1 Å². The Hall–Kier alpha value is -1.56. The number of rotatable bonds is 7. The molecule has 0 saturated carbocycles. The molecule has 2 atom stereocenters. The molecule has 6 heteroatoms. The average molecular weight is 295 g/mol. The molecule has 0 radical (unpaired) electrons. The minimum atomic E-state index is -0.0222. The lowest BCUT2D eigenvalue weighted by molar-refractivity contribution is 0.195. The third-order valence-corrected chi connectivity index (χ3v) is 3.81. The van der Waals surface area contributed by atoms with E-state index in [2.05, 4.69) is 29.2 Å². The van der Waals surface area contributed by atoms with E-state index >= 15 is 0 Å². The topological polar surface area (TPSA) is 53.4 Å². The molecule has 21 heavy (non-hydrogen) atoms. The van der Waals surface area contributed by atoms with Crippen LogP contribution in [-0.2, 0) is 7.05 Å². The van der Waals surface area contributed by atoms with Crippen LogP contribution in [0.25, 0.3) is 0 Å². The number of carbonyl (C=O) groups is 1. The second kappa shape index (κ2) is 8.02. The molecule has 2 amide bonds. The monoisotopic (exact) mass is 295 g/mol. The van der Waals surface area contributed by atoms with E-state index in [4.69, 9.17) is 0 Å². The van der Waals surface area contributed by atoms with Crippen LogP contribution in [0.2, 0.25) is 0 Å². The number of amides is 2. The summed E-state index contributed by atoms with van der Waals surface area (Å²) in [5.74, 6) is 0.517. The van der Waals surface area contributed by atoms with Crippen LogP contribution in [0.4, 0.5) is 4.79 Å². The number of aryl methyl sites for hydroxylation is 1. The summed E-state index contributed by atoms with van der Waals surface area (Å²) in [6.45, 7) is 5.65. The van der Waals surface area contributed by atoms with Gasteiger partial charge in [0.15, 0.2) is 0 Å². The zero-order chi connectivity index (χ0) is 16.0. The van der Waals surface area contributed by atoms with Gasteiger partial charge in [-0.1, -0.05) is 20.3 Å². The van der Waals surface area contributed by atoms with E-state index in [-0.39, 0.29) is 12.1 Å². The van der Waals surface area contributed by atoms with Crippen LogP contribution in [-0.4, -0.2) is 59.8 Å². The number of nitrogens with zero attached hydrogens (tertiary/aromatic N) is 4. The summed E-state index contributed by atoms with van der Waals surface area (Å²) >= 11 is 0. The Kier molecular flexibility index (Phi) is 6.68. The number of nitrogens with one attached hydrogen (secondary N) is 1. The van der Waals surface area contributed by atoms with Crippen LogP contribution < -0.4 is 5.32 Å². The number of hydrogen-bond acceptors (Lipinski definition) is 3. The third kappa shape index (κ3) is 5.38. The second-order valence-corrected chi connectivity index (χ2v) is 6.01. The highest BCUT2D eigenvalue weighted by Gasteiger charge is 2.18. The van der Waals surface area contributed by atoms with Crippen LogP contribution in [0.1, 0.15) is 31.9 Å². The molecule has 0 aliphatic heterocycles. The molecule has 0 spiro atoms. The van der Waals surface area contributed by atoms with Gasteiger partial charge in [-0.3, -0.25) is 4.68 Å². The van der Waals surface area contributed by atoms with Crippen molar-refractivity contribution in [2.24, 2.45) is 13.0 Å². The minimum absolute atomic E-state index is 0.0222. The van der Waals surface area contributed by atoms with Crippen molar-refractivity contribution < 1.29 is 4.79 Å². The van der Waals surface area contributed by atoms with Crippen molar-refractivity contribution in [3.05, 3.63) is 18.0 Å². The highest BCUT2D eigenvalue weighted by molar-refractivity contribution is 5.73. The van der Waals surface area contributed by atoms with Crippen molar-refractivity contribution in [2.75, 3.05) is 34.2 Å². The summed E-state index contributed by atoms with van der Waals surface area (Å²) in [5, 5.41) is 7.21. The molecule has 1 N–H and O–H groups in total. The SMILES string of the molecule is CCC(C)CN(C)C(=O)NCC(c1cnn(C)c1)N(C)C. The standard InChI is InChI=1S/C15H29N5O/c1-7-12(2)10-19(5)15(21)16-9-14(18(3)4)13-8-17-20(6)11-13/h8,11-12,14H,7,9-10H2,1-6H3,(H,16,21). The first-order valence-electron chi connectivity index (χ1n) is 7.49. The number of likely N-dealkylation sites (N-methyl/N-ethyl adjacent to an activating group) is 1. The van der Waals surface area contributed by atoms with Gasteiger partial charge in [0.05, 0.1) is 12.2 Å². The minimum Gasteiger partial charge on any atom is -0.336 e. The van der Waals surface area contributed by atoms with E-state index in [1.807, 2.05) is 40.6 Å². The maximum atomic E-state index is 12.1. The zero-order valence-corrected chi connectivity index (χ0v) is 14.1. The first kappa shape index (κ1) is 17.5. The predicted octanol–water partition coefficient (Wildman–Crippen LogP) is 1.71. The molecule has 1 aromatic rings. The Labute approximate surface area is 128 Å². The largest absolute Gasteiger partial charge is 0.336 e. The third-order valence-electron chi connectivity index (χ3n) is 3.81. The molecule has 2 unspecified atom stereocenters. The highest BCUT2D eigenvalue weighted by atomic mass is 16.2. The fourth-order valence-corrected chi connectivity index (χ4v) is 2.21. The summed E-state index contributed by atoms with van der Waals surface area (Å²) < 4.78 is 1.78. The van der Waals surface area contributed by atoms with Gasteiger partial charge in [0.1, 0.15) is 0 Å². The number of aromatic nitrogens is 2. The molecule has 0 fully saturated rings. The summed E-state index contributed by atoms with van der Waals surface area (Å²) in [4.78, 5) is 16.0. The van der Waals surface area contributed by atoms with Crippen molar-refractivity contribution in [1.82, 2.24) is 24.9 Å². The van der Waals surface area contributed by atoms with Crippen molar-refractivity contribution in [3.8, 4) is 0 Å². The lowest BCUT2D eigenvalue weighted by Crippen LogP contribution is -2.42. The lowest BCUT2D eigenvalue weighted by atomic mass is 10.1. The Bertz CT molecular complexity index is 443. The molecule has 0 aliphatic carbocycles. The quantitative estimate of drug-likeness (QED) is 0.833. The van der Waals surface area contributed by atoms with Gasteiger partial charge in [0.25, 0.3) is 0 Å². The van der Waals surface area contributed by atoms with Crippen LogP contribution >= 0.6 is 0 Å². The van der Waals surface area contributed by atoms with E-state index in [0.717, 1.165) is 18.5 Å². The van der Waals surface area contributed by atoms with Gasteiger partial charge in [-0.2, -0.15) is 5.10 Å². The van der Waals surface area contributed by atoms with E-state index in [0.29, 0.717) is 12.5 Å². The second-order valence-electron chi connectivity index (χ2n) is 6.01. The van der Waals surface area contributed by atoms with Gasteiger partial charge in [-0.15, -0.1) is 0 Å². The van der Waals surface area contributed by atoms with Crippen molar-refractivity contribution in [1.29, 1.82) is 0 Å². The summed E-state index contributed by atoms with van der Waals surface area (Å²) in [6.07, 6.45) is 4.91. The van der Waals surface area contributed by atoms with Crippen LogP contribution in [0.15, 0.2) is 12.4 Å². The average Bonchev–Trinajstić information content (AvgIpc) is 2.84.